The number of ether oxygens (including phenoxy) is 1. The van der Waals surface area contributed by atoms with Crippen LogP contribution in [0.5, 0.6) is 5.75 Å². The molecule has 1 aliphatic heterocycles. The third-order valence-corrected chi connectivity index (χ3v) is 5.09. The molecule has 0 saturated carbocycles. The molecule has 0 unspecified atom stereocenters. The van der Waals surface area contributed by atoms with Gasteiger partial charge in [0.05, 0.1) is 15.6 Å². The smallest absolute Gasteiger partial charge is 0.270 e. The number of rotatable bonds is 5. The van der Waals surface area contributed by atoms with E-state index in [0.29, 0.717) is 21.5 Å². The Balaban J connectivity index is 1.82. The maximum Gasteiger partial charge on any atom is 0.270 e. The molecule has 0 spiro atoms. The van der Waals surface area contributed by atoms with Crippen LogP contribution < -0.4 is 9.64 Å². The van der Waals surface area contributed by atoms with Crippen LogP contribution in [-0.4, -0.2) is 16.8 Å². The predicted molar refractivity (Wildman–Crippen MR) is 109 cm³/mol. The number of nitrogens with zero attached hydrogens (tertiary/aromatic N) is 1. The SMILES string of the molecule is C=CCOc1ccc(/C=C2/SC(=S)N(c3ccc(F)c(Cl)c3)C2=O)cc1. The van der Waals surface area contributed by atoms with Crippen LogP contribution in [0.25, 0.3) is 6.08 Å². The van der Waals surface area contributed by atoms with Crippen LogP contribution in [0.2, 0.25) is 5.02 Å². The number of hydrogen-bond acceptors (Lipinski definition) is 4. The summed E-state index contributed by atoms with van der Waals surface area (Å²) >= 11 is 12.3. The number of thiocarbonyl (C=S) groups is 1. The first-order valence-corrected chi connectivity index (χ1v) is 9.16. The summed E-state index contributed by atoms with van der Waals surface area (Å²) in [5, 5.41) is -0.0596. The van der Waals surface area contributed by atoms with Gasteiger partial charge < -0.3 is 4.74 Å². The summed E-state index contributed by atoms with van der Waals surface area (Å²) in [7, 11) is 0. The fraction of sp³-hybridized carbons (Fsp3) is 0.0526. The molecule has 1 fully saturated rings. The molecule has 0 radical (unpaired) electrons. The zero-order chi connectivity index (χ0) is 18.7. The predicted octanol–water partition coefficient (Wildman–Crippen LogP) is 5.45. The number of anilines is 1. The second kappa shape index (κ2) is 8.03. The summed E-state index contributed by atoms with van der Waals surface area (Å²) in [6.45, 7) is 4.03. The van der Waals surface area contributed by atoms with Gasteiger partial charge in [0.25, 0.3) is 5.91 Å². The number of carbonyl (C=O) groups excluding carboxylic acids is 1. The molecule has 1 aliphatic rings. The summed E-state index contributed by atoms with van der Waals surface area (Å²) in [6, 6.07) is 11.4. The van der Waals surface area contributed by atoms with E-state index in [0.717, 1.165) is 11.3 Å². The van der Waals surface area contributed by atoms with Crippen molar-refractivity contribution in [2.24, 2.45) is 0 Å². The molecule has 3 rings (SSSR count). The molecule has 0 aliphatic carbocycles. The summed E-state index contributed by atoms with van der Waals surface area (Å²) in [5.41, 5.74) is 1.28. The van der Waals surface area contributed by atoms with Gasteiger partial charge in [0.1, 0.15) is 18.2 Å². The Kier molecular flexibility index (Phi) is 5.76. The van der Waals surface area contributed by atoms with Crippen molar-refractivity contribution >= 4 is 57.6 Å². The fourth-order valence-corrected chi connectivity index (χ4v) is 3.76. The lowest BCUT2D eigenvalue weighted by Crippen LogP contribution is -2.27. The monoisotopic (exact) mass is 405 g/mol. The van der Waals surface area contributed by atoms with Crippen molar-refractivity contribution < 1.29 is 13.9 Å². The number of hydrogen-bond donors (Lipinski definition) is 0. The van der Waals surface area contributed by atoms with E-state index >= 15 is 0 Å². The first kappa shape index (κ1) is 18.6. The van der Waals surface area contributed by atoms with E-state index in [9.17, 15) is 9.18 Å². The number of benzene rings is 2. The normalized spacial score (nSPS) is 15.6. The molecule has 26 heavy (non-hydrogen) atoms. The van der Waals surface area contributed by atoms with Gasteiger partial charge in [-0.1, -0.05) is 60.4 Å². The Hall–Kier alpha value is -2.15. The molecule has 1 saturated heterocycles. The van der Waals surface area contributed by atoms with Gasteiger partial charge in [-0.2, -0.15) is 0 Å². The average molecular weight is 406 g/mol. The van der Waals surface area contributed by atoms with E-state index in [-0.39, 0.29) is 10.9 Å². The first-order valence-electron chi connectivity index (χ1n) is 7.56. The highest BCUT2D eigenvalue weighted by molar-refractivity contribution is 8.27. The van der Waals surface area contributed by atoms with Crippen LogP contribution in [0.3, 0.4) is 0 Å². The minimum atomic E-state index is -0.546. The Morgan fingerprint density at radius 3 is 2.65 bits per heavy atom. The van der Waals surface area contributed by atoms with Gasteiger partial charge in [-0.3, -0.25) is 9.69 Å². The third-order valence-electron chi connectivity index (χ3n) is 3.50. The minimum absolute atomic E-state index is 0.0596. The molecule has 132 valence electrons. The zero-order valence-electron chi connectivity index (χ0n) is 13.4. The lowest BCUT2D eigenvalue weighted by Gasteiger charge is -2.14. The van der Waals surface area contributed by atoms with Crippen molar-refractivity contribution in [1.82, 2.24) is 0 Å². The molecule has 0 bridgehead atoms. The number of halogens is 2. The minimum Gasteiger partial charge on any atom is -0.490 e. The Morgan fingerprint density at radius 1 is 1.27 bits per heavy atom. The Bertz CT molecular complexity index is 912. The molecule has 0 N–H and O–H groups in total. The summed E-state index contributed by atoms with van der Waals surface area (Å²) in [4.78, 5) is 14.5. The highest BCUT2D eigenvalue weighted by atomic mass is 35.5. The Morgan fingerprint density at radius 2 is 2.00 bits per heavy atom. The van der Waals surface area contributed by atoms with Gasteiger partial charge in [0.15, 0.2) is 4.32 Å². The fourth-order valence-electron chi connectivity index (χ4n) is 2.28. The van der Waals surface area contributed by atoms with E-state index < -0.39 is 5.82 Å². The van der Waals surface area contributed by atoms with E-state index in [1.807, 2.05) is 24.3 Å². The molecule has 0 aromatic heterocycles. The molecule has 2 aromatic carbocycles. The summed E-state index contributed by atoms with van der Waals surface area (Å²) in [6.07, 6.45) is 3.42. The van der Waals surface area contributed by atoms with Crippen LogP contribution in [0.15, 0.2) is 60.0 Å². The van der Waals surface area contributed by atoms with E-state index in [2.05, 4.69) is 6.58 Å². The number of thioether (sulfide) groups is 1. The lowest BCUT2D eigenvalue weighted by atomic mass is 10.2. The molecule has 1 heterocycles. The van der Waals surface area contributed by atoms with Gasteiger partial charge in [0, 0.05) is 0 Å². The maximum absolute atomic E-state index is 13.4. The van der Waals surface area contributed by atoms with Gasteiger partial charge >= 0.3 is 0 Å². The van der Waals surface area contributed by atoms with E-state index in [4.69, 9.17) is 28.6 Å². The molecule has 1 amide bonds. The van der Waals surface area contributed by atoms with E-state index in [1.54, 1.807) is 12.2 Å². The second-order valence-electron chi connectivity index (χ2n) is 5.28. The Labute approximate surface area is 165 Å². The van der Waals surface area contributed by atoms with Crippen molar-refractivity contribution in [3.63, 3.8) is 0 Å². The van der Waals surface area contributed by atoms with Gasteiger partial charge in [0.2, 0.25) is 0 Å². The van der Waals surface area contributed by atoms with Crippen molar-refractivity contribution in [3.05, 3.63) is 76.4 Å². The van der Waals surface area contributed by atoms with Crippen molar-refractivity contribution in [3.8, 4) is 5.75 Å². The highest BCUT2D eigenvalue weighted by Gasteiger charge is 2.33. The van der Waals surface area contributed by atoms with Crippen LogP contribution in [0, 0.1) is 5.82 Å². The first-order chi connectivity index (χ1) is 12.5. The lowest BCUT2D eigenvalue weighted by molar-refractivity contribution is -0.113. The average Bonchev–Trinajstić information content (AvgIpc) is 2.90. The van der Waals surface area contributed by atoms with Crippen LogP contribution >= 0.6 is 35.6 Å². The maximum atomic E-state index is 13.4. The topological polar surface area (TPSA) is 29.5 Å². The van der Waals surface area contributed by atoms with Gasteiger partial charge in [-0.15, -0.1) is 0 Å². The molecule has 3 nitrogen and oxygen atoms in total. The standard InChI is InChI=1S/C19H13ClFNO2S2/c1-2-9-24-14-6-3-12(4-7-14)10-17-18(23)22(19(25)26-17)13-5-8-16(21)15(20)11-13/h2-8,10-11H,1,9H2/b17-10+. The molecule has 7 heteroatoms. The quantitative estimate of drug-likeness (QED) is 0.376. The van der Waals surface area contributed by atoms with Crippen molar-refractivity contribution in [2.45, 2.75) is 0 Å². The number of carbonyl (C=O) groups is 1. The molecular formula is C19H13ClFNO2S2. The highest BCUT2D eigenvalue weighted by Crippen LogP contribution is 2.37. The number of amides is 1. The van der Waals surface area contributed by atoms with Crippen LogP contribution in [0.4, 0.5) is 10.1 Å². The van der Waals surface area contributed by atoms with Gasteiger partial charge in [-0.05, 0) is 42.0 Å². The molecule has 2 aromatic rings. The van der Waals surface area contributed by atoms with Crippen molar-refractivity contribution in [2.75, 3.05) is 11.5 Å². The summed E-state index contributed by atoms with van der Waals surface area (Å²) in [5.74, 6) is -0.0969. The second-order valence-corrected chi connectivity index (χ2v) is 7.37. The molecule has 0 atom stereocenters. The van der Waals surface area contributed by atoms with Gasteiger partial charge in [-0.25, -0.2) is 4.39 Å². The van der Waals surface area contributed by atoms with E-state index in [1.165, 1.54) is 34.9 Å². The largest absolute Gasteiger partial charge is 0.490 e. The molecular weight excluding hydrogens is 393 g/mol. The van der Waals surface area contributed by atoms with Crippen LogP contribution in [-0.2, 0) is 4.79 Å². The third kappa shape index (κ3) is 3.98. The zero-order valence-corrected chi connectivity index (χ0v) is 15.8. The van der Waals surface area contributed by atoms with Crippen molar-refractivity contribution in [1.29, 1.82) is 0 Å². The van der Waals surface area contributed by atoms with Crippen LogP contribution in [0.1, 0.15) is 5.56 Å². The summed E-state index contributed by atoms with van der Waals surface area (Å²) < 4.78 is 19.2.